The molecule has 0 N–H and O–H groups in total. The summed E-state index contributed by atoms with van der Waals surface area (Å²) in [7, 11) is 0. The molecule has 0 bridgehead atoms. The molecule has 0 radical (unpaired) electrons. The van der Waals surface area contributed by atoms with Gasteiger partial charge in [-0.2, -0.15) is 0 Å². The summed E-state index contributed by atoms with van der Waals surface area (Å²) in [5.41, 5.74) is -0.813. The Morgan fingerprint density at radius 2 is 2.46 bits per heavy atom. The number of rotatable bonds is 2. The number of carbonyl (C=O) groups is 2. The van der Waals surface area contributed by atoms with E-state index in [0.717, 1.165) is 11.8 Å². The summed E-state index contributed by atoms with van der Waals surface area (Å²) >= 11 is 1.00. The van der Waals surface area contributed by atoms with Crippen molar-refractivity contribution >= 4 is 28.9 Å². The fraction of sp³-hybridized carbons (Fsp3) is 0.571. The van der Waals surface area contributed by atoms with Crippen LogP contribution in [0.25, 0.3) is 0 Å². The molecule has 13 heavy (non-hydrogen) atoms. The first-order chi connectivity index (χ1) is 6.13. The largest absolute Gasteiger partial charge is 0.473 e. The van der Waals surface area contributed by atoms with Crippen molar-refractivity contribution in [3.63, 3.8) is 0 Å². The molecule has 1 rings (SSSR count). The Morgan fingerprint density at radius 3 is 3.00 bits per heavy atom. The van der Waals surface area contributed by atoms with Crippen LogP contribution in [0.2, 0.25) is 0 Å². The van der Waals surface area contributed by atoms with Crippen LogP contribution in [0.1, 0.15) is 13.8 Å². The van der Waals surface area contributed by atoms with Gasteiger partial charge in [-0.1, -0.05) is 0 Å². The third kappa shape index (κ3) is 2.73. The van der Waals surface area contributed by atoms with E-state index in [-0.39, 0.29) is 11.0 Å². The van der Waals surface area contributed by atoms with Crippen molar-refractivity contribution in [3.05, 3.63) is 0 Å². The number of cyclic esters (lactones) is 1. The third-order valence-corrected chi connectivity index (χ3v) is 2.25. The predicted octanol–water partition coefficient (Wildman–Crippen LogP) is 1.18. The molecule has 1 atom stereocenters. The second-order valence-corrected chi connectivity index (χ2v) is 3.27. The van der Waals surface area contributed by atoms with Crippen LogP contribution >= 0.6 is 11.8 Å². The van der Waals surface area contributed by atoms with Crippen LogP contribution in [0, 0.1) is 0 Å². The van der Waals surface area contributed by atoms with Crippen LogP contribution in [0.4, 0.5) is 4.79 Å². The van der Waals surface area contributed by atoms with Gasteiger partial charge in [0, 0.05) is 0 Å². The highest BCUT2D eigenvalue weighted by Crippen LogP contribution is 2.21. The summed E-state index contributed by atoms with van der Waals surface area (Å²) in [6.45, 7) is 3.52. The number of hydrogen-bond acceptors (Lipinski definition) is 5. The summed E-state index contributed by atoms with van der Waals surface area (Å²) in [6, 6.07) is 0. The van der Waals surface area contributed by atoms with E-state index >= 15 is 0 Å². The lowest BCUT2D eigenvalue weighted by molar-refractivity contribution is -0.121. The Morgan fingerprint density at radius 1 is 1.77 bits per heavy atom. The van der Waals surface area contributed by atoms with Crippen molar-refractivity contribution in [3.8, 4) is 0 Å². The first-order valence-corrected chi connectivity index (χ1v) is 4.60. The highest BCUT2D eigenvalue weighted by atomic mass is 32.2. The van der Waals surface area contributed by atoms with Crippen LogP contribution in [0.5, 0.6) is 0 Å². The van der Waals surface area contributed by atoms with Gasteiger partial charge in [-0.25, -0.2) is 4.79 Å². The van der Waals surface area contributed by atoms with E-state index in [1.54, 1.807) is 6.92 Å². The lowest BCUT2D eigenvalue weighted by atomic mass is 10.5. The first kappa shape index (κ1) is 10.0. The van der Waals surface area contributed by atoms with E-state index in [2.05, 4.69) is 9.73 Å². The van der Waals surface area contributed by atoms with Crippen LogP contribution in [-0.4, -0.2) is 29.1 Å². The average Bonchev–Trinajstić information content (AvgIpc) is 2.03. The summed E-state index contributed by atoms with van der Waals surface area (Å²) in [4.78, 5) is 25.1. The molecule has 0 aromatic carbocycles. The number of carbonyl (C=O) groups excluding carboxylic acids is 2. The smallest absolute Gasteiger partial charge is 0.438 e. The topological polar surface area (TPSA) is 65.0 Å². The van der Waals surface area contributed by atoms with Gasteiger partial charge >= 0.3 is 6.09 Å². The zero-order valence-corrected chi connectivity index (χ0v) is 8.09. The Balaban J connectivity index is 2.67. The number of Topliss-reactive ketones (excluding diaryl/α,β-unsaturated/α-hetero) is 1. The van der Waals surface area contributed by atoms with Gasteiger partial charge in [-0.15, -0.1) is 4.99 Å². The van der Waals surface area contributed by atoms with Gasteiger partial charge in [0.15, 0.2) is 5.78 Å². The molecular weight excluding hydrogens is 194 g/mol. The molecule has 6 heteroatoms. The number of ether oxygens (including phenoxy) is 2. The molecule has 0 saturated heterocycles. The molecule has 0 fully saturated rings. The standard InChI is InChI=1S/C7H9NO4S/c1-3-11-7-8-6(10)12-5(13-7)4(2)9/h5H,3H2,1-2H3. The van der Waals surface area contributed by atoms with Crippen molar-refractivity contribution in [2.24, 2.45) is 4.99 Å². The van der Waals surface area contributed by atoms with Gasteiger partial charge in [0.25, 0.3) is 5.23 Å². The Labute approximate surface area is 79.5 Å². The maximum atomic E-state index is 10.9. The van der Waals surface area contributed by atoms with Gasteiger partial charge in [0.1, 0.15) is 0 Å². The van der Waals surface area contributed by atoms with Crippen LogP contribution in [-0.2, 0) is 14.3 Å². The van der Waals surface area contributed by atoms with Gasteiger partial charge < -0.3 is 9.47 Å². The molecule has 1 aliphatic heterocycles. The number of amides is 1. The second-order valence-electron chi connectivity index (χ2n) is 2.25. The van der Waals surface area contributed by atoms with E-state index < -0.39 is 11.5 Å². The van der Waals surface area contributed by atoms with Crippen LogP contribution < -0.4 is 0 Å². The zero-order valence-electron chi connectivity index (χ0n) is 7.27. The molecule has 1 unspecified atom stereocenters. The maximum Gasteiger partial charge on any atom is 0.438 e. The minimum Gasteiger partial charge on any atom is -0.473 e. The van der Waals surface area contributed by atoms with Crippen molar-refractivity contribution in [2.75, 3.05) is 6.61 Å². The lowest BCUT2D eigenvalue weighted by Crippen LogP contribution is -2.27. The first-order valence-electron chi connectivity index (χ1n) is 3.72. The number of ketones is 1. The molecule has 0 aliphatic carbocycles. The molecule has 72 valence electrons. The Hall–Kier alpha value is -1.04. The average molecular weight is 203 g/mol. The molecule has 1 aliphatic rings. The van der Waals surface area contributed by atoms with Gasteiger partial charge in [-0.05, 0) is 25.6 Å². The number of hydrogen-bond donors (Lipinski definition) is 0. The van der Waals surface area contributed by atoms with Crippen molar-refractivity contribution in [1.82, 2.24) is 0 Å². The SMILES string of the molecule is CCOC1=NC(=O)OC(C(C)=O)S1. The lowest BCUT2D eigenvalue weighted by Gasteiger charge is -2.17. The van der Waals surface area contributed by atoms with Crippen LogP contribution in [0.15, 0.2) is 4.99 Å². The van der Waals surface area contributed by atoms with E-state index in [9.17, 15) is 9.59 Å². The molecule has 5 nitrogen and oxygen atoms in total. The van der Waals surface area contributed by atoms with Gasteiger partial charge in [0.2, 0.25) is 5.44 Å². The quantitative estimate of drug-likeness (QED) is 0.674. The van der Waals surface area contributed by atoms with Crippen molar-refractivity contribution in [2.45, 2.75) is 19.3 Å². The minimum absolute atomic E-state index is 0.193. The molecule has 0 aromatic heterocycles. The number of nitrogens with zero attached hydrogens (tertiary/aromatic N) is 1. The molecule has 0 aromatic rings. The summed E-state index contributed by atoms with van der Waals surface area (Å²) < 4.78 is 9.62. The molecule has 0 saturated carbocycles. The number of thioether (sulfide) groups is 1. The van der Waals surface area contributed by atoms with E-state index in [4.69, 9.17) is 4.74 Å². The zero-order chi connectivity index (χ0) is 9.84. The number of aliphatic imine (C=N–C) groups is 1. The van der Waals surface area contributed by atoms with E-state index in [1.807, 2.05) is 0 Å². The molecular formula is C7H9NO4S. The highest BCUT2D eigenvalue weighted by Gasteiger charge is 2.28. The van der Waals surface area contributed by atoms with Crippen molar-refractivity contribution in [1.29, 1.82) is 0 Å². The Bertz CT molecular complexity index is 263. The monoisotopic (exact) mass is 203 g/mol. The summed E-state index contributed by atoms with van der Waals surface area (Å²) in [5.74, 6) is -0.231. The highest BCUT2D eigenvalue weighted by molar-refractivity contribution is 8.14. The second kappa shape index (κ2) is 4.27. The van der Waals surface area contributed by atoms with Crippen molar-refractivity contribution < 1.29 is 19.1 Å². The predicted molar refractivity (Wildman–Crippen MR) is 47.6 cm³/mol. The molecule has 1 heterocycles. The third-order valence-electron chi connectivity index (χ3n) is 1.20. The van der Waals surface area contributed by atoms with Gasteiger partial charge in [0.05, 0.1) is 6.61 Å². The molecule has 1 amide bonds. The Kier molecular flexibility index (Phi) is 3.30. The minimum atomic E-state index is -0.813. The van der Waals surface area contributed by atoms with E-state index in [1.165, 1.54) is 6.92 Å². The molecule has 0 spiro atoms. The fourth-order valence-electron chi connectivity index (χ4n) is 0.690. The van der Waals surface area contributed by atoms with Gasteiger partial charge in [-0.3, -0.25) is 4.79 Å². The maximum absolute atomic E-state index is 10.9. The summed E-state index contributed by atoms with van der Waals surface area (Å²) in [5, 5.41) is 0.193. The fourth-order valence-corrected chi connectivity index (χ4v) is 1.48. The normalized spacial score (nSPS) is 21.8. The van der Waals surface area contributed by atoms with Crippen LogP contribution in [0.3, 0.4) is 0 Å². The summed E-state index contributed by atoms with van der Waals surface area (Å²) in [6.07, 6.45) is -0.776. The van der Waals surface area contributed by atoms with E-state index in [0.29, 0.717) is 6.61 Å².